The van der Waals surface area contributed by atoms with Gasteiger partial charge in [0.1, 0.15) is 11.6 Å². The number of benzene rings is 3. The van der Waals surface area contributed by atoms with Crippen LogP contribution in [-0.2, 0) is 13.1 Å². The van der Waals surface area contributed by atoms with Gasteiger partial charge in [0.05, 0.1) is 20.4 Å². The van der Waals surface area contributed by atoms with Crippen LogP contribution in [0.1, 0.15) is 69.7 Å². The fraction of sp³-hybridized carbons (Fsp3) is 0.261. The standard InChI is InChI=1S/C46H46N4O2S2/c1-5-8-16-32(7-3)30-49-40-27-37(26-38-31(4)39(29-47)46(52)48(45(38)51)25-9-6-2)53-43(40)44-41(49)28-42(54-44)33-21-23-36(24-22-33)50(34-17-12-10-13-18-34)35-19-14-11-15-20-35/h10-15,17-24,26-28,32,52H,4-9,16,25,30H2,1-3H3/b38-26-. The molecule has 0 radical (unpaired) electrons. The number of nitrogens with zero attached hydrogens (tertiary/aromatic N) is 4. The first kappa shape index (κ1) is 37.0. The molecule has 0 bridgehead atoms. The normalized spacial score (nSPS) is 12.4. The summed E-state index contributed by atoms with van der Waals surface area (Å²) < 4.78 is 6.26. The average Bonchev–Trinajstić information content (AvgIpc) is 3.89. The number of pyridine rings is 1. The van der Waals surface area contributed by atoms with E-state index < -0.39 is 0 Å². The highest BCUT2D eigenvalue weighted by Crippen LogP contribution is 2.44. The molecular weight excluding hydrogens is 705 g/mol. The molecule has 274 valence electrons. The van der Waals surface area contributed by atoms with Gasteiger partial charge in [-0.15, -0.1) is 22.7 Å². The highest BCUT2D eigenvalue weighted by atomic mass is 32.1. The first-order valence-electron chi connectivity index (χ1n) is 19.0. The van der Waals surface area contributed by atoms with Crippen molar-refractivity contribution in [2.75, 3.05) is 4.90 Å². The highest BCUT2D eigenvalue weighted by Gasteiger charge is 2.21. The van der Waals surface area contributed by atoms with Gasteiger partial charge in [-0.3, -0.25) is 9.36 Å². The van der Waals surface area contributed by atoms with Gasteiger partial charge in [0.15, 0.2) is 0 Å². The third-order valence-electron chi connectivity index (χ3n) is 10.4. The van der Waals surface area contributed by atoms with Crippen LogP contribution < -0.4 is 20.9 Å². The molecule has 0 fully saturated rings. The van der Waals surface area contributed by atoms with Crippen molar-refractivity contribution < 1.29 is 5.11 Å². The number of aromatic hydroxyl groups is 1. The Morgan fingerprint density at radius 3 is 2.06 bits per heavy atom. The van der Waals surface area contributed by atoms with Crippen molar-refractivity contribution in [1.29, 1.82) is 5.26 Å². The van der Waals surface area contributed by atoms with Crippen molar-refractivity contribution >= 4 is 72.8 Å². The van der Waals surface area contributed by atoms with Crippen LogP contribution in [0, 0.1) is 17.2 Å². The van der Waals surface area contributed by atoms with E-state index in [4.69, 9.17) is 0 Å². The summed E-state index contributed by atoms with van der Waals surface area (Å²) in [5, 5.41) is 21.3. The number of anilines is 3. The van der Waals surface area contributed by atoms with Gasteiger partial charge in [0.25, 0.3) is 5.56 Å². The van der Waals surface area contributed by atoms with Gasteiger partial charge in [0.2, 0.25) is 5.88 Å². The Balaban J connectivity index is 1.34. The number of hydrogen-bond donors (Lipinski definition) is 1. The van der Waals surface area contributed by atoms with Gasteiger partial charge >= 0.3 is 0 Å². The summed E-state index contributed by atoms with van der Waals surface area (Å²) in [5.41, 5.74) is 6.63. The van der Waals surface area contributed by atoms with Crippen LogP contribution in [0.5, 0.6) is 5.88 Å². The second-order valence-electron chi connectivity index (χ2n) is 13.9. The summed E-state index contributed by atoms with van der Waals surface area (Å²) in [7, 11) is 0. The molecule has 3 aromatic carbocycles. The Bertz CT molecular complexity index is 2570. The maximum atomic E-state index is 13.7. The molecule has 1 unspecified atom stereocenters. The highest BCUT2D eigenvalue weighted by molar-refractivity contribution is 7.29. The lowest BCUT2D eigenvalue weighted by Crippen LogP contribution is -2.46. The maximum Gasteiger partial charge on any atom is 0.261 e. The summed E-state index contributed by atoms with van der Waals surface area (Å²) in [6.07, 6.45) is 8.11. The Hall–Kier alpha value is -5.36. The van der Waals surface area contributed by atoms with E-state index in [1.807, 2.05) is 36.5 Å². The van der Waals surface area contributed by atoms with Crippen LogP contribution in [0.2, 0.25) is 0 Å². The van der Waals surface area contributed by atoms with Gasteiger partial charge in [0, 0.05) is 50.3 Å². The van der Waals surface area contributed by atoms with Crippen molar-refractivity contribution in [2.24, 2.45) is 5.92 Å². The van der Waals surface area contributed by atoms with Crippen LogP contribution in [-0.4, -0.2) is 14.2 Å². The number of nitriles is 1. The summed E-state index contributed by atoms with van der Waals surface area (Å²) >= 11 is 3.48. The smallest absolute Gasteiger partial charge is 0.261 e. The third-order valence-corrected chi connectivity index (χ3v) is 12.8. The Morgan fingerprint density at radius 1 is 0.833 bits per heavy atom. The van der Waals surface area contributed by atoms with Crippen molar-refractivity contribution in [3.63, 3.8) is 0 Å². The molecular formula is C46H46N4O2S2. The molecule has 8 heteroatoms. The van der Waals surface area contributed by atoms with Gasteiger partial charge in [-0.05, 0) is 78.9 Å². The van der Waals surface area contributed by atoms with E-state index in [9.17, 15) is 15.2 Å². The molecule has 7 rings (SSSR count). The first-order valence-corrected chi connectivity index (χ1v) is 20.6. The van der Waals surface area contributed by atoms with Crippen molar-refractivity contribution in [3.8, 4) is 22.4 Å². The largest absolute Gasteiger partial charge is 0.493 e. The Morgan fingerprint density at radius 2 is 1.44 bits per heavy atom. The zero-order chi connectivity index (χ0) is 37.8. The van der Waals surface area contributed by atoms with Crippen molar-refractivity contribution in [2.45, 2.75) is 72.4 Å². The SMILES string of the molecule is C=c1c(C#N)c(O)n(CCCC)c(=O)/c1=C\c1cc2c(s1)c1sc(-c3ccc(N(c4ccccc4)c4ccccc4)cc3)cc1n2CC(CC)CCCC. The number of unbranched alkanes of at least 4 members (excludes halogenated alkanes) is 2. The molecule has 1 N–H and O–H groups in total. The number of para-hydroxylation sites is 2. The number of rotatable bonds is 14. The minimum atomic E-state index is -0.318. The van der Waals surface area contributed by atoms with Gasteiger partial charge < -0.3 is 14.6 Å². The predicted octanol–water partition coefficient (Wildman–Crippen LogP) is 11.0. The maximum absolute atomic E-state index is 13.7. The molecule has 0 amide bonds. The molecule has 7 aromatic rings. The molecule has 6 nitrogen and oxygen atoms in total. The number of aromatic nitrogens is 2. The number of fused-ring (bicyclic) bond motifs is 3. The van der Waals surface area contributed by atoms with Crippen LogP contribution >= 0.6 is 22.7 Å². The predicted molar refractivity (Wildman–Crippen MR) is 229 cm³/mol. The minimum absolute atomic E-state index is 0.0521. The first-order chi connectivity index (χ1) is 26.4. The van der Waals surface area contributed by atoms with Gasteiger partial charge in [-0.1, -0.05) is 102 Å². The molecule has 4 heterocycles. The summed E-state index contributed by atoms with van der Waals surface area (Å²) in [4.78, 5) is 18.1. The fourth-order valence-corrected chi connectivity index (χ4v) is 9.73. The van der Waals surface area contributed by atoms with Gasteiger partial charge in [-0.25, -0.2) is 0 Å². The van der Waals surface area contributed by atoms with Crippen molar-refractivity contribution in [1.82, 2.24) is 9.13 Å². The van der Waals surface area contributed by atoms with E-state index in [0.29, 0.717) is 17.7 Å². The lowest BCUT2D eigenvalue weighted by Gasteiger charge is -2.25. The zero-order valence-corrected chi connectivity index (χ0v) is 32.9. The lowest BCUT2D eigenvalue weighted by atomic mass is 9.99. The van der Waals surface area contributed by atoms with Crippen molar-refractivity contribution in [3.05, 3.63) is 128 Å². The summed E-state index contributed by atoms with van der Waals surface area (Å²) in [5.74, 6) is 0.250. The molecule has 1 atom stereocenters. The van der Waals surface area contributed by atoms with Gasteiger partial charge in [-0.2, -0.15) is 5.26 Å². The molecule has 0 aliphatic rings. The van der Waals surface area contributed by atoms with E-state index in [0.717, 1.165) is 47.7 Å². The van der Waals surface area contributed by atoms with E-state index >= 15 is 0 Å². The molecule has 54 heavy (non-hydrogen) atoms. The topological polar surface area (TPSA) is 74.2 Å². The molecule has 0 spiro atoms. The van der Waals surface area contributed by atoms with E-state index in [-0.39, 0.29) is 22.2 Å². The quantitative estimate of drug-likeness (QED) is 0.120. The zero-order valence-electron chi connectivity index (χ0n) is 31.2. The minimum Gasteiger partial charge on any atom is -0.493 e. The second kappa shape index (κ2) is 16.3. The number of thiophene rings is 2. The Labute approximate surface area is 324 Å². The van der Waals surface area contributed by atoms with Crippen LogP contribution in [0.25, 0.3) is 43.5 Å². The van der Waals surface area contributed by atoms with E-state index in [2.05, 4.69) is 121 Å². The summed E-state index contributed by atoms with van der Waals surface area (Å²) in [6, 6.07) is 36.4. The number of hydrogen-bond acceptors (Lipinski definition) is 6. The molecule has 0 aliphatic heterocycles. The molecule has 0 saturated heterocycles. The fourth-order valence-electron chi connectivity index (χ4n) is 7.31. The summed E-state index contributed by atoms with van der Waals surface area (Å²) in [6.45, 7) is 11.9. The molecule has 0 aliphatic carbocycles. The van der Waals surface area contributed by atoms with Crippen LogP contribution in [0.3, 0.4) is 0 Å². The monoisotopic (exact) mass is 750 g/mol. The van der Waals surface area contributed by atoms with Crippen LogP contribution in [0.15, 0.2) is 102 Å². The molecule has 0 saturated carbocycles. The second-order valence-corrected chi connectivity index (χ2v) is 16.1. The Kier molecular flexibility index (Phi) is 11.2. The molecule has 4 aromatic heterocycles. The van der Waals surface area contributed by atoms with Crippen LogP contribution in [0.4, 0.5) is 17.1 Å². The lowest BCUT2D eigenvalue weighted by molar-refractivity contribution is 0.398. The average molecular weight is 751 g/mol. The van der Waals surface area contributed by atoms with E-state index in [1.165, 1.54) is 54.7 Å². The third kappa shape index (κ3) is 7.14. The van der Waals surface area contributed by atoms with E-state index in [1.54, 1.807) is 11.3 Å².